The molecule has 2 atom stereocenters. The van der Waals surface area contributed by atoms with Crippen LogP contribution in [-0.2, 0) is 6.42 Å². The molecule has 0 aliphatic heterocycles. The third-order valence-corrected chi connectivity index (χ3v) is 3.47. The van der Waals surface area contributed by atoms with Gasteiger partial charge in [0.15, 0.2) is 0 Å². The van der Waals surface area contributed by atoms with Crippen LogP contribution in [0.1, 0.15) is 24.4 Å². The van der Waals surface area contributed by atoms with Gasteiger partial charge in [-0.1, -0.05) is 28.1 Å². The maximum atomic E-state index is 10.1. The van der Waals surface area contributed by atoms with E-state index in [2.05, 4.69) is 28.2 Å². The lowest BCUT2D eigenvalue weighted by molar-refractivity contribution is 0.170. The number of hydrogen-bond acceptors (Lipinski definition) is 3. The number of hydrogen-bond donors (Lipinski definition) is 2. The SMILES string of the molecule is CC(Cc1ccco1)NCC(O)c1cccc(Br)c1. The van der Waals surface area contributed by atoms with Gasteiger partial charge in [-0.3, -0.25) is 0 Å². The maximum Gasteiger partial charge on any atom is 0.105 e. The van der Waals surface area contributed by atoms with Crippen molar-refractivity contribution in [1.29, 1.82) is 0 Å². The summed E-state index contributed by atoms with van der Waals surface area (Å²) in [4.78, 5) is 0. The van der Waals surface area contributed by atoms with Gasteiger partial charge in [0.25, 0.3) is 0 Å². The predicted molar refractivity (Wildman–Crippen MR) is 79.0 cm³/mol. The molecule has 1 aromatic carbocycles. The van der Waals surface area contributed by atoms with E-state index < -0.39 is 6.10 Å². The molecule has 1 heterocycles. The number of aliphatic hydroxyl groups excluding tert-OH is 1. The van der Waals surface area contributed by atoms with Gasteiger partial charge in [-0.25, -0.2) is 0 Å². The van der Waals surface area contributed by atoms with Crippen molar-refractivity contribution in [1.82, 2.24) is 5.32 Å². The Bertz CT molecular complexity index is 499. The number of aliphatic hydroxyl groups is 1. The molecule has 0 radical (unpaired) electrons. The Morgan fingerprint density at radius 2 is 2.16 bits per heavy atom. The second-order valence-electron chi connectivity index (χ2n) is 4.66. The molecule has 0 aliphatic carbocycles. The Morgan fingerprint density at radius 3 is 2.84 bits per heavy atom. The largest absolute Gasteiger partial charge is 0.469 e. The van der Waals surface area contributed by atoms with E-state index in [-0.39, 0.29) is 6.04 Å². The lowest BCUT2D eigenvalue weighted by Crippen LogP contribution is -2.31. The first-order chi connectivity index (χ1) is 9.15. The molecule has 0 saturated heterocycles. The molecule has 2 aromatic rings. The Morgan fingerprint density at radius 1 is 1.32 bits per heavy atom. The van der Waals surface area contributed by atoms with Gasteiger partial charge in [0.1, 0.15) is 5.76 Å². The lowest BCUT2D eigenvalue weighted by atomic mass is 10.1. The molecule has 0 aliphatic rings. The van der Waals surface area contributed by atoms with Crippen LogP contribution in [0.5, 0.6) is 0 Å². The Kier molecular flexibility index (Phi) is 5.19. The van der Waals surface area contributed by atoms with Crippen molar-refractivity contribution in [3.63, 3.8) is 0 Å². The molecular formula is C15H18BrNO2. The van der Waals surface area contributed by atoms with Gasteiger partial charge < -0.3 is 14.8 Å². The van der Waals surface area contributed by atoms with Crippen LogP contribution < -0.4 is 5.32 Å². The van der Waals surface area contributed by atoms with Gasteiger partial charge >= 0.3 is 0 Å². The van der Waals surface area contributed by atoms with Crippen LogP contribution in [0.4, 0.5) is 0 Å². The molecule has 0 saturated carbocycles. The second-order valence-corrected chi connectivity index (χ2v) is 5.58. The minimum atomic E-state index is -0.503. The van der Waals surface area contributed by atoms with Gasteiger partial charge in [0.2, 0.25) is 0 Å². The zero-order valence-corrected chi connectivity index (χ0v) is 12.4. The minimum Gasteiger partial charge on any atom is -0.469 e. The van der Waals surface area contributed by atoms with E-state index in [1.54, 1.807) is 6.26 Å². The summed E-state index contributed by atoms with van der Waals surface area (Å²) in [5.74, 6) is 0.956. The van der Waals surface area contributed by atoms with Crippen LogP contribution in [0.2, 0.25) is 0 Å². The van der Waals surface area contributed by atoms with Crippen LogP contribution in [0.25, 0.3) is 0 Å². The zero-order valence-electron chi connectivity index (χ0n) is 10.8. The Labute approximate surface area is 121 Å². The highest BCUT2D eigenvalue weighted by Gasteiger charge is 2.10. The highest BCUT2D eigenvalue weighted by molar-refractivity contribution is 9.10. The maximum absolute atomic E-state index is 10.1. The summed E-state index contributed by atoms with van der Waals surface area (Å²) in [5, 5.41) is 13.4. The average Bonchev–Trinajstić information content (AvgIpc) is 2.88. The first kappa shape index (κ1) is 14.3. The molecule has 4 heteroatoms. The fourth-order valence-electron chi connectivity index (χ4n) is 1.95. The van der Waals surface area contributed by atoms with E-state index in [0.717, 1.165) is 22.2 Å². The van der Waals surface area contributed by atoms with Crippen LogP contribution >= 0.6 is 15.9 Å². The second kappa shape index (κ2) is 6.89. The number of rotatable bonds is 6. The van der Waals surface area contributed by atoms with Crippen LogP contribution in [0, 0.1) is 0 Å². The molecule has 102 valence electrons. The highest BCUT2D eigenvalue weighted by atomic mass is 79.9. The van der Waals surface area contributed by atoms with Crippen molar-refractivity contribution in [2.75, 3.05) is 6.54 Å². The summed E-state index contributed by atoms with van der Waals surface area (Å²) < 4.78 is 6.28. The smallest absolute Gasteiger partial charge is 0.105 e. The Hall–Kier alpha value is -1.10. The van der Waals surface area contributed by atoms with E-state index in [1.165, 1.54) is 0 Å². The monoisotopic (exact) mass is 323 g/mol. The van der Waals surface area contributed by atoms with Crippen LogP contribution in [0.15, 0.2) is 51.6 Å². The standard InChI is InChI=1S/C15H18BrNO2/c1-11(8-14-6-3-7-19-14)17-10-15(18)12-4-2-5-13(16)9-12/h2-7,9,11,15,17-18H,8,10H2,1H3. The summed E-state index contributed by atoms with van der Waals surface area (Å²) in [6, 6.07) is 11.8. The third kappa shape index (κ3) is 4.49. The first-order valence-electron chi connectivity index (χ1n) is 6.34. The molecule has 2 N–H and O–H groups in total. The van der Waals surface area contributed by atoms with Crippen molar-refractivity contribution in [3.05, 3.63) is 58.5 Å². The predicted octanol–water partition coefficient (Wildman–Crippen LogP) is 3.30. The Balaban J connectivity index is 1.81. The average molecular weight is 324 g/mol. The van der Waals surface area contributed by atoms with E-state index in [1.807, 2.05) is 36.4 Å². The zero-order chi connectivity index (χ0) is 13.7. The van der Waals surface area contributed by atoms with Crippen molar-refractivity contribution in [2.45, 2.75) is 25.5 Å². The fraction of sp³-hybridized carbons (Fsp3) is 0.333. The van der Waals surface area contributed by atoms with Crippen molar-refractivity contribution in [3.8, 4) is 0 Å². The molecule has 1 aromatic heterocycles. The van der Waals surface area contributed by atoms with Crippen molar-refractivity contribution < 1.29 is 9.52 Å². The van der Waals surface area contributed by atoms with E-state index in [0.29, 0.717) is 6.54 Å². The van der Waals surface area contributed by atoms with Gasteiger partial charge in [0, 0.05) is 23.5 Å². The van der Waals surface area contributed by atoms with E-state index in [9.17, 15) is 5.11 Å². The highest BCUT2D eigenvalue weighted by Crippen LogP contribution is 2.17. The van der Waals surface area contributed by atoms with Crippen LogP contribution in [-0.4, -0.2) is 17.7 Å². The molecule has 2 unspecified atom stereocenters. The van der Waals surface area contributed by atoms with Crippen LogP contribution in [0.3, 0.4) is 0 Å². The topological polar surface area (TPSA) is 45.4 Å². The van der Waals surface area contributed by atoms with Crippen molar-refractivity contribution in [2.24, 2.45) is 0 Å². The molecule has 0 fully saturated rings. The molecule has 0 spiro atoms. The summed E-state index contributed by atoms with van der Waals surface area (Å²) in [7, 11) is 0. The van der Waals surface area contributed by atoms with Gasteiger partial charge in [-0.2, -0.15) is 0 Å². The molecule has 0 bridgehead atoms. The molecule has 2 rings (SSSR count). The number of benzene rings is 1. The molecule has 0 amide bonds. The fourth-order valence-corrected chi connectivity index (χ4v) is 2.36. The summed E-state index contributed by atoms with van der Waals surface area (Å²) in [6.45, 7) is 2.61. The minimum absolute atomic E-state index is 0.257. The van der Waals surface area contributed by atoms with Gasteiger partial charge in [-0.15, -0.1) is 0 Å². The number of halogens is 1. The first-order valence-corrected chi connectivity index (χ1v) is 7.14. The van der Waals surface area contributed by atoms with Crippen molar-refractivity contribution >= 4 is 15.9 Å². The summed E-state index contributed by atoms with van der Waals surface area (Å²) in [6.07, 6.45) is 1.99. The normalized spacial score (nSPS) is 14.3. The molecule has 19 heavy (non-hydrogen) atoms. The number of furan rings is 1. The molecular weight excluding hydrogens is 306 g/mol. The van der Waals surface area contributed by atoms with Gasteiger partial charge in [0.05, 0.1) is 12.4 Å². The molecule has 3 nitrogen and oxygen atoms in total. The third-order valence-electron chi connectivity index (χ3n) is 2.98. The summed E-state index contributed by atoms with van der Waals surface area (Å²) in [5.41, 5.74) is 0.909. The van der Waals surface area contributed by atoms with E-state index >= 15 is 0 Å². The van der Waals surface area contributed by atoms with E-state index in [4.69, 9.17) is 4.42 Å². The lowest BCUT2D eigenvalue weighted by Gasteiger charge is -2.16. The van der Waals surface area contributed by atoms with Gasteiger partial charge in [-0.05, 0) is 36.8 Å². The quantitative estimate of drug-likeness (QED) is 0.857. The number of nitrogens with one attached hydrogen (secondary N) is 1. The summed E-state index contributed by atoms with van der Waals surface area (Å²) >= 11 is 3.41.